The first-order chi connectivity index (χ1) is 8.76. The predicted molar refractivity (Wildman–Crippen MR) is 66.0 cm³/mol. The van der Waals surface area contributed by atoms with Crippen LogP contribution in [0.15, 0.2) is 36.5 Å². The molecule has 18 heavy (non-hydrogen) atoms. The predicted octanol–water partition coefficient (Wildman–Crippen LogP) is 1.99. The first-order valence-corrected chi connectivity index (χ1v) is 5.22. The Morgan fingerprint density at radius 1 is 1.11 bits per heavy atom. The summed E-state index contributed by atoms with van der Waals surface area (Å²) in [6, 6.07) is 12.8. The molecule has 0 amide bonds. The van der Waals surface area contributed by atoms with Gasteiger partial charge in [-0.15, -0.1) is 0 Å². The Morgan fingerprint density at radius 3 is 2.61 bits per heavy atom. The van der Waals surface area contributed by atoms with E-state index in [9.17, 15) is 0 Å². The van der Waals surface area contributed by atoms with Gasteiger partial charge < -0.3 is 4.90 Å². The molecule has 0 spiro atoms. The topological polar surface area (TPSA) is 76.6 Å². The van der Waals surface area contributed by atoms with Crippen molar-refractivity contribution in [2.24, 2.45) is 0 Å². The Morgan fingerprint density at radius 2 is 1.89 bits per heavy atom. The fourth-order valence-corrected chi connectivity index (χ4v) is 1.54. The molecule has 0 aliphatic heterocycles. The van der Waals surface area contributed by atoms with Crippen LogP contribution < -0.4 is 4.90 Å². The van der Waals surface area contributed by atoms with Crippen LogP contribution in [-0.2, 0) is 0 Å². The zero-order valence-electron chi connectivity index (χ0n) is 9.70. The minimum atomic E-state index is 0.293. The lowest BCUT2D eigenvalue weighted by molar-refractivity contribution is 1.03. The number of para-hydroxylation sites is 1. The number of aromatic nitrogens is 2. The molecular weight excluding hydrogens is 226 g/mol. The van der Waals surface area contributed by atoms with Gasteiger partial charge in [-0.1, -0.05) is 12.1 Å². The van der Waals surface area contributed by atoms with E-state index in [1.54, 1.807) is 30.1 Å². The molecule has 2 aromatic rings. The van der Waals surface area contributed by atoms with E-state index in [4.69, 9.17) is 10.5 Å². The van der Waals surface area contributed by atoms with Gasteiger partial charge in [-0.2, -0.15) is 10.5 Å². The van der Waals surface area contributed by atoms with Gasteiger partial charge in [0.1, 0.15) is 17.8 Å². The first-order valence-electron chi connectivity index (χ1n) is 5.22. The van der Waals surface area contributed by atoms with Gasteiger partial charge >= 0.3 is 0 Å². The van der Waals surface area contributed by atoms with Crippen LogP contribution in [0.3, 0.4) is 0 Å². The number of nitriles is 2. The summed E-state index contributed by atoms with van der Waals surface area (Å²) in [6.45, 7) is 0. The van der Waals surface area contributed by atoms with E-state index >= 15 is 0 Å². The summed E-state index contributed by atoms with van der Waals surface area (Å²) in [6.07, 6.45) is 1.52. The van der Waals surface area contributed by atoms with Crippen molar-refractivity contribution < 1.29 is 0 Å². The maximum Gasteiger partial charge on any atom is 0.230 e. The van der Waals surface area contributed by atoms with Crippen LogP contribution in [0.1, 0.15) is 11.3 Å². The maximum atomic E-state index is 9.05. The third-order valence-electron chi connectivity index (χ3n) is 2.44. The fourth-order valence-electron chi connectivity index (χ4n) is 1.54. The van der Waals surface area contributed by atoms with Gasteiger partial charge in [-0.25, -0.2) is 9.97 Å². The number of hydrogen-bond acceptors (Lipinski definition) is 5. The summed E-state index contributed by atoms with van der Waals surface area (Å²) in [5.74, 6) is 0.386. The molecule has 0 unspecified atom stereocenters. The van der Waals surface area contributed by atoms with Crippen molar-refractivity contribution in [1.82, 2.24) is 9.97 Å². The standard InChI is InChI=1S/C13H9N5/c1-18(12-5-3-2-4-10(12)8-14)13-16-7-6-11(9-15)17-13/h2-7H,1H3. The smallest absolute Gasteiger partial charge is 0.230 e. The number of benzene rings is 1. The van der Waals surface area contributed by atoms with Crippen LogP contribution in [-0.4, -0.2) is 17.0 Å². The van der Waals surface area contributed by atoms with Gasteiger partial charge in [-0.05, 0) is 18.2 Å². The summed E-state index contributed by atoms with van der Waals surface area (Å²) in [5.41, 5.74) is 1.53. The van der Waals surface area contributed by atoms with Crippen molar-refractivity contribution in [3.05, 3.63) is 47.8 Å². The molecule has 0 atom stereocenters. The Bertz CT molecular complexity index is 651. The molecule has 0 radical (unpaired) electrons. The maximum absolute atomic E-state index is 9.05. The van der Waals surface area contributed by atoms with Crippen LogP contribution in [0.4, 0.5) is 11.6 Å². The first kappa shape index (κ1) is 11.6. The van der Waals surface area contributed by atoms with Crippen molar-refractivity contribution in [2.45, 2.75) is 0 Å². The van der Waals surface area contributed by atoms with Crippen LogP contribution in [0.25, 0.3) is 0 Å². The van der Waals surface area contributed by atoms with Crippen molar-refractivity contribution >= 4 is 11.6 Å². The molecule has 0 bridgehead atoms. The highest BCUT2D eigenvalue weighted by Gasteiger charge is 2.11. The second-order valence-electron chi connectivity index (χ2n) is 3.54. The highest BCUT2D eigenvalue weighted by molar-refractivity contribution is 5.64. The fraction of sp³-hybridized carbons (Fsp3) is 0.0769. The number of nitrogens with zero attached hydrogens (tertiary/aromatic N) is 5. The molecule has 1 aromatic carbocycles. The molecule has 0 aliphatic rings. The van der Waals surface area contributed by atoms with Gasteiger partial charge in [0, 0.05) is 13.2 Å². The molecule has 0 saturated heterocycles. The monoisotopic (exact) mass is 235 g/mol. The number of rotatable bonds is 2. The third-order valence-corrected chi connectivity index (χ3v) is 2.44. The second-order valence-corrected chi connectivity index (χ2v) is 3.54. The van der Waals surface area contributed by atoms with E-state index in [1.807, 2.05) is 12.1 Å². The second kappa shape index (κ2) is 4.94. The average Bonchev–Trinajstić information content (AvgIpc) is 2.46. The molecular formula is C13H9N5. The van der Waals surface area contributed by atoms with Gasteiger partial charge in [0.05, 0.1) is 11.3 Å². The van der Waals surface area contributed by atoms with Crippen LogP contribution in [0.2, 0.25) is 0 Å². The molecule has 0 aliphatic carbocycles. The molecule has 0 fully saturated rings. The lowest BCUT2D eigenvalue weighted by Gasteiger charge is -2.17. The highest BCUT2D eigenvalue weighted by atomic mass is 15.2. The summed E-state index contributed by atoms with van der Waals surface area (Å²) in [4.78, 5) is 9.86. The zero-order chi connectivity index (χ0) is 13.0. The summed E-state index contributed by atoms with van der Waals surface area (Å²) < 4.78 is 0. The highest BCUT2D eigenvalue weighted by Crippen LogP contribution is 2.23. The quantitative estimate of drug-likeness (QED) is 0.795. The van der Waals surface area contributed by atoms with Crippen LogP contribution >= 0.6 is 0 Å². The Balaban J connectivity index is 2.45. The molecule has 0 N–H and O–H groups in total. The van der Waals surface area contributed by atoms with Gasteiger partial charge in [0.15, 0.2) is 0 Å². The Hall–Kier alpha value is -2.92. The third kappa shape index (κ3) is 2.11. The van der Waals surface area contributed by atoms with Crippen LogP contribution in [0, 0.1) is 22.7 Å². The average molecular weight is 235 g/mol. The Kier molecular flexibility index (Phi) is 3.17. The van der Waals surface area contributed by atoms with E-state index < -0.39 is 0 Å². The van der Waals surface area contributed by atoms with Gasteiger partial charge in [0.25, 0.3) is 0 Å². The summed E-state index contributed by atoms with van der Waals surface area (Å²) in [5, 5.41) is 17.8. The molecule has 1 heterocycles. The lowest BCUT2D eigenvalue weighted by atomic mass is 10.2. The summed E-state index contributed by atoms with van der Waals surface area (Å²) in [7, 11) is 1.76. The lowest BCUT2D eigenvalue weighted by Crippen LogP contribution is -2.14. The SMILES string of the molecule is CN(c1nccc(C#N)n1)c1ccccc1C#N. The molecule has 5 nitrogen and oxygen atoms in total. The van der Waals surface area contributed by atoms with Crippen molar-refractivity contribution in [3.63, 3.8) is 0 Å². The van der Waals surface area contributed by atoms with Crippen molar-refractivity contribution in [2.75, 3.05) is 11.9 Å². The minimum absolute atomic E-state index is 0.293. The Labute approximate surface area is 105 Å². The summed E-state index contributed by atoms with van der Waals surface area (Å²) >= 11 is 0. The molecule has 2 rings (SSSR count). The molecule has 5 heteroatoms. The van der Waals surface area contributed by atoms with Crippen LogP contribution in [0.5, 0.6) is 0 Å². The van der Waals surface area contributed by atoms with Gasteiger partial charge in [0.2, 0.25) is 5.95 Å². The van der Waals surface area contributed by atoms with E-state index in [2.05, 4.69) is 16.0 Å². The zero-order valence-corrected chi connectivity index (χ0v) is 9.70. The number of hydrogen-bond donors (Lipinski definition) is 0. The van der Waals surface area contributed by atoms with Gasteiger partial charge in [-0.3, -0.25) is 0 Å². The van der Waals surface area contributed by atoms with E-state index in [0.717, 1.165) is 0 Å². The normalized spacial score (nSPS) is 9.28. The van der Waals surface area contributed by atoms with Crippen molar-refractivity contribution in [1.29, 1.82) is 10.5 Å². The number of anilines is 2. The van der Waals surface area contributed by atoms with E-state index in [1.165, 1.54) is 12.3 Å². The molecule has 86 valence electrons. The van der Waals surface area contributed by atoms with Crippen molar-refractivity contribution in [3.8, 4) is 12.1 Å². The van der Waals surface area contributed by atoms with E-state index in [0.29, 0.717) is 22.9 Å². The molecule has 1 aromatic heterocycles. The molecule has 0 saturated carbocycles. The minimum Gasteiger partial charge on any atom is -0.312 e. The largest absolute Gasteiger partial charge is 0.312 e. The van der Waals surface area contributed by atoms with E-state index in [-0.39, 0.29) is 0 Å².